The lowest BCUT2D eigenvalue weighted by Crippen LogP contribution is -2.02. The molecule has 0 radical (unpaired) electrons. The average molecular weight is 183 g/mol. The van der Waals surface area contributed by atoms with E-state index < -0.39 is 0 Å². The Kier molecular flexibility index (Phi) is 4.11. The van der Waals surface area contributed by atoms with Crippen molar-refractivity contribution < 1.29 is 4.74 Å². The molecule has 0 spiro atoms. The molecule has 0 aliphatic rings. The van der Waals surface area contributed by atoms with Crippen LogP contribution in [0, 0.1) is 0 Å². The minimum absolute atomic E-state index is 0.255. The quantitative estimate of drug-likeness (QED) is 0.669. The van der Waals surface area contributed by atoms with Crippen LogP contribution in [0.2, 0.25) is 0 Å². The van der Waals surface area contributed by atoms with Crippen LogP contribution in [0.3, 0.4) is 0 Å². The molecule has 0 aromatic carbocycles. The molecule has 12 heavy (non-hydrogen) atoms. The molecule has 0 saturated heterocycles. The van der Waals surface area contributed by atoms with Gasteiger partial charge in [-0.3, -0.25) is 4.98 Å². The van der Waals surface area contributed by atoms with Gasteiger partial charge in [-0.25, -0.2) is 0 Å². The standard InChI is InChI=1S/C9H13NOS/c1-8(12-2)11-7-9-4-3-5-10-6-9/h3-6,8H,7H2,1-2H3. The smallest absolute Gasteiger partial charge is 0.100 e. The van der Waals surface area contributed by atoms with E-state index in [0.29, 0.717) is 6.61 Å². The highest BCUT2D eigenvalue weighted by atomic mass is 32.2. The highest BCUT2D eigenvalue weighted by molar-refractivity contribution is 7.99. The fourth-order valence-electron chi connectivity index (χ4n) is 0.765. The molecule has 0 amide bonds. The maximum absolute atomic E-state index is 5.50. The molecule has 1 unspecified atom stereocenters. The van der Waals surface area contributed by atoms with Crippen LogP contribution in [0.1, 0.15) is 12.5 Å². The van der Waals surface area contributed by atoms with Gasteiger partial charge in [0, 0.05) is 12.4 Å². The Morgan fingerprint density at radius 3 is 3.08 bits per heavy atom. The summed E-state index contributed by atoms with van der Waals surface area (Å²) < 4.78 is 5.50. The number of rotatable bonds is 4. The fourth-order valence-corrected chi connectivity index (χ4v) is 0.969. The van der Waals surface area contributed by atoms with Gasteiger partial charge in [0.1, 0.15) is 5.44 Å². The summed E-state index contributed by atoms with van der Waals surface area (Å²) in [7, 11) is 0. The van der Waals surface area contributed by atoms with Gasteiger partial charge in [0.15, 0.2) is 0 Å². The SMILES string of the molecule is CSC(C)OCc1cccnc1. The molecule has 1 aromatic heterocycles. The third kappa shape index (κ3) is 3.24. The fraction of sp³-hybridized carbons (Fsp3) is 0.444. The van der Waals surface area contributed by atoms with Gasteiger partial charge in [-0.1, -0.05) is 6.07 Å². The minimum atomic E-state index is 0.255. The Morgan fingerprint density at radius 1 is 1.67 bits per heavy atom. The zero-order valence-electron chi connectivity index (χ0n) is 7.36. The van der Waals surface area contributed by atoms with Gasteiger partial charge >= 0.3 is 0 Å². The number of hydrogen-bond donors (Lipinski definition) is 0. The third-order valence-electron chi connectivity index (χ3n) is 1.54. The molecule has 1 aromatic rings. The number of nitrogens with zero attached hydrogens (tertiary/aromatic N) is 1. The van der Waals surface area contributed by atoms with Crippen LogP contribution in [0.5, 0.6) is 0 Å². The van der Waals surface area contributed by atoms with Gasteiger partial charge < -0.3 is 4.74 Å². The van der Waals surface area contributed by atoms with Crippen molar-refractivity contribution >= 4 is 11.8 Å². The molecular weight excluding hydrogens is 170 g/mol. The van der Waals surface area contributed by atoms with Crippen molar-refractivity contribution in [3.63, 3.8) is 0 Å². The Labute approximate surface area is 77.3 Å². The Bertz CT molecular complexity index is 215. The second-order valence-corrected chi connectivity index (χ2v) is 3.61. The third-order valence-corrected chi connectivity index (χ3v) is 2.34. The molecule has 1 heterocycles. The van der Waals surface area contributed by atoms with Crippen molar-refractivity contribution in [2.75, 3.05) is 6.26 Å². The number of thioether (sulfide) groups is 1. The summed E-state index contributed by atoms with van der Waals surface area (Å²) in [5, 5.41) is 0. The average Bonchev–Trinajstić information content (AvgIpc) is 2.16. The molecule has 0 saturated carbocycles. The van der Waals surface area contributed by atoms with Crippen LogP contribution in [0.15, 0.2) is 24.5 Å². The van der Waals surface area contributed by atoms with Gasteiger partial charge in [-0.05, 0) is 24.8 Å². The first-order chi connectivity index (χ1) is 5.83. The van der Waals surface area contributed by atoms with E-state index >= 15 is 0 Å². The van der Waals surface area contributed by atoms with Crippen molar-refractivity contribution in [2.24, 2.45) is 0 Å². The summed E-state index contributed by atoms with van der Waals surface area (Å²) in [6, 6.07) is 3.93. The summed E-state index contributed by atoms with van der Waals surface area (Å²) in [5.74, 6) is 0. The Morgan fingerprint density at radius 2 is 2.50 bits per heavy atom. The van der Waals surface area contributed by atoms with Crippen LogP contribution in [0.4, 0.5) is 0 Å². The molecule has 2 nitrogen and oxygen atoms in total. The second kappa shape index (κ2) is 5.17. The Balaban J connectivity index is 2.33. The van der Waals surface area contributed by atoms with E-state index in [1.54, 1.807) is 18.0 Å². The molecule has 0 N–H and O–H groups in total. The first-order valence-electron chi connectivity index (χ1n) is 3.86. The normalized spacial score (nSPS) is 12.8. The lowest BCUT2D eigenvalue weighted by Gasteiger charge is -2.09. The molecule has 1 atom stereocenters. The van der Waals surface area contributed by atoms with Gasteiger partial charge in [0.2, 0.25) is 0 Å². The van der Waals surface area contributed by atoms with Crippen LogP contribution in [-0.4, -0.2) is 16.7 Å². The van der Waals surface area contributed by atoms with Crippen LogP contribution >= 0.6 is 11.8 Å². The summed E-state index contributed by atoms with van der Waals surface area (Å²) >= 11 is 1.70. The summed E-state index contributed by atoms with van der Waals surface area (Å²) in [6.45, 7) is 2.69. The topological polar surface area (TPSA) is 22.1 Å². The minimum Gasteiger partial charge on any atom is -0.363 e. The molecule has 0 aliphatic heterocycles. The van der Waals surface area contributed by atoms with E-state index in [9.17, 15) is 0 Å². The summed E-state index contributed by atoms with van der Waals surface area (Å²) in [4.78, 5) is 4.00. The number of pyridine rings is 1. The van der Waals surface area contributed by atoms with Gasteiger partial charge in [-0.2, -0.15) is 0 Å². The molecule has 3 heteroatoms. The second-order valence-electron chi connectivity index (χ2n) is 2.48. The van der Waals surface area contributed by atoms with Crippen LogP contribution < -0.4 is 0 Å². The number of hydrogen-bond acceptors (Lipinski definition) is 3. The van der Waals surface area contributed by atoms with E-state index in [0.717, 1.165) is 5.56 Å². The van der Waals surface area contributed by atoms with E-state index in [-0.39, 0.29) is 5.44 Å². The molecule has 66 valence electrons. The molecule has 0 fully saturated rings. The van der Waals surface area contributed by atoms with Crippen LogP contribution in [-0.2, 0) is 11.3 Å². The van der Waals surface area contributed by atoms with E-state index in [1.165, 1.54) is 0 Å². The summed E-state index contributed by atoms with van der Waals surface area (Å²) in [5.41, 5.74) is 1.38. The van der Waals surface area contributed by atoms with E-state index in [2.05, 4.69) is 4.98 Å². The first-order valence-corrected chi connectivity index (χ1v) is 5.15. The van der Waals surface area contributed by atoms with E-state index in [4.69, 9.17) is 4.74 Å². The highest BCUT2D eigenvalue weighted by Gasteiger charge is 1.98. The number of ether oxygens (including phenoxy) is 1. The zero-order chi connectivity index (χ0) is 8.81. The van der Waals surface area contributed by atoms with Crippen molar-refractivity contribution in [2.45, 2.75) is 19.0 Å². The molecule has 0 aliphatic carbocycles. The summed E-state index contributed by atoms with van der Waals surface area (Å²) in [6.07, 6.45) is 5.63. The van der Waals surface area contributed by atoms with Gasteiger partial charge in [-0.15, -0.1) is 11.8 Å². The van der Waals surface area contributed by atoms with Gasteiger partial charge in [0.25, 0.3) is 0 Å². The number of aromatic nitrogens is 1. The largest absolute Gasteiger partial charge is 0.363 e. The maximum Gasteiger partial charge on any atom is 0.100 e. The first kappa shape index (κ1) is 9.55. The molecular formula is C9H13NOS. The van der Waals surface area contributed by atoms with Crippen molar-refractivity contribution in [3.8, 4) is 0 Å². The lowest BCUT2D eigenvalue weighted by molar-refractivity contribution is 0.110. The maximum atomic E-state index is 5.50. The molecule has 0 bridgehead atoms. The van der Waals surface area contributed by atoms with Crippen molar-refractivity contribution in [3.05, 3.63) is 30.1 Å². The predicted molar refractivity (Wildman–Crippen MR) is 52.0 cm³/mol. The van der Waals surface area contributed by atoms with Crippen molar-refractivity contribution in [1.82, 2.24) is 4.98 Å². The Hall–Kier alpha value is -0.540. The van der Waals surface area contributed by atoms with Crippen molar-refractivity contribution in [1.29, 1.82) is 0 Å². The highest BCUT2D eigenvalue weighted by Crippen LogP contribution is 2.09. The lowest BCUT2D eigenvalue weighted by atomic mass is 10.3. The van der Waals surface area contributed by atoms with Crippen LogP contribution in [0.25, 0.3) is 0 Å². The predicted octanol–water partition coefficient (Wildman–Crippen LogP) is 2.31. The zero-order valence-corrected chi connectivity index (χ0v) is 8.17. The molecule has 1 rings (SSSR count). The van der Waals surface area contributed by atoms with Gasteiger partial charge in [0.05, 0.1) is 6.61 Å². The monoisotopic (exact) mass is 183 g/mol. The van der Waals surface area contributed by atoms with E-state index in [1.807, 2.05) is 31.5 Å².